The summed E-state index contributed by atoms with van der Waals surface area (Å²) in [7, 11) is 0. The van der Waals surface area contributed by atoms with Gasteiger partial charge in [0.2, 0.25) is 0 Å². The van der Waals surface area contributed by atoms with E-state index in [1.807, 2.05) is 48.5 Å². The molecule has 0 saturated heterocycles. The van der Waals surface area contributed by atoms with Gasteiger partial charge in [-0.3, -0.25) is 9.59 Å². The van der Waals surface area contributed by atoms with Crippen LogP contribution in [-0.4, -0.2) is 46.0 Å². The number of aromatic hydroxyl groups is 1. The van der Waals surface area contributed by atoms with Crippen molar-refractivity contribution in [1.82, 2.24) is 10.3 Å². The molecule has 0 spiro atoms. The predicted octanol–water partition coefficient (Wildman–Crippen LogP) is 4.92. The average Bonchev–Trinajstić information content (AvgIpc) is 3.44. The number of hydrogen-bond donors (Lipinski definition) is 5. The van der Waals surface area contributed by atoms with E-state index >= 15 is 0 Å². The molecule has 0 fully saturated rings. The first-order valence-electron chi connectivity index (χ1n) is 14.2. The molecule has 0 bridgehead atoms. The predicted molar refractivity (Wildman–Crippen MR) is 167 cm³/mol. The van der Waals surface area contributed by atoms with Gasteiger partial charge in [0.25, 0.3) is 0 Å². The van der Waals surface area contributed by atoms with Crippen LogP contribution < -0.4 is 11.1 Å². The number of rotatable bonds is 8. The number of carboxylic acids is 1. The number of nitrogens with two attached hydrogens (primary N) is 1. The Kier molecular flexibility index (Phi) is 9.49. The third-order valence-electron chi connectivity index (χ3n) is 7.54. The zero-order valence-corrected chi connectivity index (χ0v) is 23.9. The van der Waals surface area contributed by atoms with Gasteiger partial charge in [0, 0.05) is 23.1 Å². The van der Waals surface area contributed by atoms with Gasteiger partial charge in [-0.15, -0.1) is 0 Å². The highest BCUT2D eigenvalue weighted by molar-refractivity contribution is 5.89. The van der Waals surface area contributed by atoms with Crippen LogP contribution in [0.15, 0.2) is 97.1 Å². The van der Waals surface area contributed by atoms with Crippen LogP contribution in [0.2, 0.25) is 0 Å². The Balaban J connectivity index is 0.000000270. The molecule has 6 rings (SSSR count). The Morgan fingerprint density at radius 3 is 2.41 bits per heavy atom. The molecule has 44 heavy (non-hydrogen) atoms. The van der Waals surface area contributed by atoms with Gasteiger partial charge in [0.15, 0.2) is 6.29 Å². The van der Waals surface area contributed by atoms with Crippen molar-refractivity contribution in [2.24, 2.45) is 5.73 Å². The minimum absolute atomic E-state index is 0.0182. The molecular formula is C35H33N3O6. The summed E-state index contributed by atoms with van der Waals surface area (Å²) in [6.45, 7) is 0.906. The first-order valence-corrected chi connectivity index (χ1v) is 14.2. The zero-order valence-electron chi connectivity index (χ0n) is 23.9. The quantitative estimate of drug-likeness (QED) is 0.126. The number of aromatic nitrogens is 1. The number of phenolic OH excluding ortho intramolecular Hbond substituents is 1. The van der Waals surface area contributed by atoms with E-state index in [-0.39, 0.29) is 24.0 Å². The summed E-state index contributed by atoms with van der Waals surface area (Å²) in [5.41, 5.74) is 12.3. The molecular weight excluding hydrogens is 558 g/mol. The molecule has 1 aromatic heterocycles. The Morgan fingerprint density at radius 1 is 0.955 bits per heavy atom. The van der Waals surface area contributed by atoms with E-state index in [0.29, 0.717) is 23.8 Å². The van der Waals surface area contributed by atoms with E-state index in [1.54, 1.807) is 18.2 Å². The molecule has 6 N–H and O–H groups in total. The van der Waals surface area contributed by atoms with E-state index < -0.39 is 18.0 Å². The molecule has 0 amide bonds. The number of fused-ring (bicyclic) bond motifs is 3. The van der Waals surface area contributed by atoms with E-state index in [2.05, 4.69) is 28.5 Å². The van der Waals surface area contributed by atoms with Crippen molar-refractivity contribution in [2.45, 2.75) is 31.5 Å². The van der Waals surface area contributed by atoms with Crippen molar-refractivity contribution >= 4 is 29.1 Å². The molecule has 5 aromatic rings. The first kappa shape index (κ1) is 30.2. The summed E-state index contributed by atoms with van der Waals surface area (Å²) >= 11 is 0. The highest BCUT2D eigenvalue weighted by Crippen LogP contribution is 2.33. The minimum Gasteiger partial charge on any atom is -0.507 e. The summed E-state index contributed by atoms with van der Waals surface area (Å²) in [5, 5.41) is 22.9. The van der Waals surface area contributed by atoms with Gasteiger partial charge in [-0.2, -0.15) is 0 Å². The second kappa shape index (κ2) is 13.8. The maximum Gasteiger partial charge on any atom is 0.338 e. The lowest BCUT2D eigenvalue weighted by atomic mass is 9.94. The number of nitrogens with one attached hydrogen (secondary N) is 2. The van der Waals surface area contributed by atoms with Crippen molar-refractivity contribution < 1.29 is 29.3 Å². The summed E-state index contributed by atoms with van der Waals surface area (Å²) in [6, 6.07) is 28.9. The highest BCUT2D eigenvalue weighted by Gasteiger charge is 2.25. The second-order valence-corrected chi connectivity index (χ2v) is 10.5. The van der Waals surface area contributed by atoms with E-state index in [9.17, 15) is 19.5 Å². The number of phenols is 1. The molecule has 9 nitrogen and oxygen atoms in total. The Morgan fingerprint density at radius 2 is 1.68 bits per heavy atom. The third kappa shape index (κ3) is 7.03. The highest BCUT2D eigenvalue weighted by atomic mass is 16.5. The molecule has 0 aliphatic carbocycles. The first-order chi connectivity index (χ1) is 21.3. The van der Waals surface area contributed by atoms with Crippen molar-refractivity contribution in [1.29, 1.82) is 0 Å². The van der Waals surface area contributed by atoms with Gasteiger partial charge in [0.1, 0.15) is 18.4 Å². The lowest BCUT2D eigenvalue weighted by molar-refractivity contribution is -0.138. The number of benzene rings is 4. The van der Waals surface area contributed by atoms with Gasteiger partial charge in [0.05, 0.1) is 17.2 Å². The zero-order chi connectivity index (χ0) is 31.1. The van der Waals surface area contributed by atoms with Crippen LogP contribution in [0, 0.1) is 0 Å². The molecule has 1 aliphatic rings. The average molecular weight is 592 g/mol. The number of hydrogen-bond acceptors (Lipinski definition) is 7. The molecule has 0 radical (unpaired) electrons. The van der Waals surface area contributed by atoms with E-state index in [0.717, 1.165) is 29.6 Å². The Bertz CT molecular complexity index is 1770. The number of carbonyl (C=O) groups excluding carboxylic acids is 2. The number of carboxylic acid groups (broad SMARTS) is 1. The van der Waals surface area contributed by atoms with E-state index in [1.165, 1.54) is 28.8 Å². The van der Waals surface area contributed by atoms with E-state index in [4.69, 9.17) is 15.6 Å². The number of carbonyl (C=O) groups is 3. The Hall–Kier alpha value is -5.25. The largest absolute Gasteiger partial charge is 0.507 e. The van der Waals surface area contributed by atoms with Gasteiger partial charge >= 0.3 is 11.9 Å². The molecule has 4 aromatic carbocycles. The molecule has 1 aliphatic heterocycles. The molecule has 2 heterocycles. The summed E-state index contributed by atoms with van der Waals surface area (Å²) < 4.78 is 5.38. The van der Waals surface area contributed by atoms with Crippen LogP contribution in [0.25, 0.3) is 10.9 Å². The van der Waals surface area contributed by atoms with Crippen LogP contribution >= 0.6 is 0 Å². The van der Waals surface area contributed by atoms with Crippen molar-refractivity contribution in [3.63, 3.8) is 0 Å². The van der Waals surface area contributed by atoms with Crippen LogP contribution in [0.5, 0.6) is 5.75 Å². The van der Waals surface area contributed by atoms with Gasteiger partial charge in [-0.25, -0.2) is 4.79 Å². The standard InChI is InChI=1S/C26H22N2O4.C9H11NO2/c29-14-19-13-16(5-10-23(19)30)15-32-26(31)18-8-6-17(7-9-18)24-25-21(11-12-27-24)20-3-1-2-4-22(20)28-25;10-8(9(11)12)6-7-4-2-1-3-5-7/h1-10,13-14,24,27-28,30H,11-12,15H2;1-5,8H,6,10H2,(H,11,12)/t;8-/m.0/s1. The van der Waals surface area contributed by atoms with Crippen molar-refractivity contribution in [3.8, 4) is 5.75 Å². The second-order valence-electron chi connectivity index (χ2n) is 10.5. The smallest absolute Gasteiger partial charge is 0.338 e. The number of para-hydroxylation sites is 1. The van der Waals surface area contributed by atoms with Crippen LogP contribution in [-0.2, 0) is 29.0 Å². The fraction of sp³-hybridized carbons (Fsp3) is 0.171. The Labute approximate surface area is 254 Å². The number of aromatic amines is 1. The van der Waals surface area contributed by atoms with Gasteiger partial charge < -0.3 is 31.0 Å². The van der Waals surface area contributed by atoms with Gasteiger partial charge in [-0.05, 0) is 65.4 Å². The fourth-order valence-corrected chi connectivity index (χ4v) is 5.25. The van der Waals surface area contributed by atoms with Crippen LogP contribution in [0.1, 0.15) is 54.7 Å². The minimum atomic E-state index is -0.959. The summed E-state index contributed by atoms with van der Waals surface area (Å²) in [4.78, 5) is 37.4. The molecule has 9 heteroatoms. The lowest BCUT2D eigenvalue weighted by Gasteiger charge is -2.25. The number of ether oxygens (including phenoxy) is 1. The molecule has 224 valence electrons. The maximum absolute atomic E-state index is 12.5. The van der Waals surface area contributed by atoms with Crippen molar-refractivity contribution in [2.75, 3.05) is 6.54 Å². The SMILES string of the molecule is N[C@@H](Cc1ccccc1)C(=O)O.O=Cc1cc(COC(=O)c2ccc(C3NCCc4c3[nH]c3ccccc43)cc2)ccc1O. The summed E-state index contributed by atoms with van der Waals surface area (Å²) in [6.07, 6.45) is 1.93. The normalized spacial score (nSPS) is 14.5. The van der Waals surface area contributed by atoms with Crippen molar-refractivity contribution in [3.05, 3.63) is 136 Å². The number of aliphatic carboxylic acids is 1. The molecule has 2 atom stereocenters. The monoisotopic (exact) mass is 591 g/mol. The number of esters is 1. The van der Waals surface area contributed by atoms with Crippen LogP contribution in [0.3, 0.4) is 0 Å². The number of H-pyrrole nitrogens is 1. The third-order valence-corrected chi connectivity index (χ3v) is 7.54. The molecule has 1 unspecified atom stereocenters. The fourth-order valence-electron chi connectivity index (χ4n) is 5.25. The lowest BCUT2D eigenvalue weighted by Crippen LogP contribution is -2.32. The van der Waals surface area contributed by atoms with Gasteiger partial charge in [-0.1, -0.05) is 66.7 Å². The van der Waals surface area contributed by atoms with Crippen LogP contribution in [0.4, 0.5) is 0 Å². The number of aldehydes is 1. The molecule has 0 saturated carbocycles. The maximum atomic E-state index is 12.5. The topological polar surface area (TPSA) is 155 Å². The summed E-state index contributed by atoms with van der Waals surface area (Å²) in [5.74, 6) is -1.50.